The Morgan fingerprint density at radius 2 is 1.80 bits per heavy atom. The Hall–Kier alpha value is -0.820. The van der Waals surface area contributed by atoms with Gasteiger partial charge in [0.15, 0.2) is 0 Å². The van der Waals surface area contributed by atoms with Gasteiger partial charge in [-0.25, -0.2) is 0 Å². The molecular weight excluding hydrogens is 182 g/mol. The van der Waals surface area contributed by atoms with Crippen LogP contribution in [0.3, 0.4) is 0 Å². The van der Waals surface area contributed by atoms with Gasteiger partial charge in [-0.1, -0.05) is 52.0 Å². The second kappa shape index (κ2) is 4.80. The molecule has 15 heavy (non-hydrogen) atoms. The fourth-order valence-electron chi connectivity index (χ4n) is 1.81. The maximum Gasteiger partial charge on any atom is -0.00366 e. The van der Waals surface area contributed by atoms with E-state index in [-0.39, 0.29) is 0 Å². The Morgan fingerprint density at radius 3 is 2.33 bits per heavy atom. The van der Waals surface area contributed by atoms with E-state index in [2.05, 4.69) is 52.0 Å². The molecule has 0 aliphatic heterocycles. The molecule has 0 bridgehead atoms. The number of benzene rings is 1. The lowest BCUT2D eigenvalue weighted by atomic mass is 9.76. The van der Waals surface area contributed by atoms with E-state index in [1.807, 2.05) is 0 Å². The molecule has 0 spiro atoms. The summed E-state index contributed by atoms with van der Waals surface area (Å²) in [5.74, 6) is 0.570. The van der Waals surface area contributed by atoms with Gasteiger partial charge in [-0.2, -0.15) is 0 Å². The SMILES string of the molecule is CC(c1ccccc1CCN)C(C)(C)C. The highest BCUT2D eigenvalue weighted by atomic mass is 14.5. The van der Waals surface area contributed by atoms with Crippen LogP contribution < -0.4 is 5.73 Å². The molecule has 1 aromatic rings. The Labute approximate surface area is 93.7 Å². The predicted octanol–water partition coefficient (Wildman–Crippen LogP) is 3.34. The second-order valence-electron chi connectivity index (χ2n) is 5.33. The summed E-state index contributed by atoms with van der Waals surface area (Å²) in [7, 11) is 0. The van der Waals surface area contributed by atoms with Crippen molar-refractivity contribution in [2.24, 2.45) is 11.1 Å². The fourth-order valence-corrected chi connectivity index (χ4v) is 1.81. The maximum atomic E-state index is 5.64. The van der Waals surface area contributed by atoms with Crippen molar-refractivity contribution in [1.29, 1.82) is 0 Å². The summed E-state index contributed by atoms with van der Waals surface area (Å²) in [5.41, 5.74) is 8.81. The van der Waals surface area contributed by atoms with Crippen molar-refractivity contribution in [3.8, 4) is 0 Å². The molecular formula is C14H23N. The van der Waals surface area contributed by atoms with E-state index in [1.54, 1.807) is 0 Å². The zero-order chi connectivity index (χ0) is 11.5. The summed E-state index contributed by atoms with van der Waals surface area (Å²) in [6.07, 6.45) is 0.983. The molecule has 0 heterocycles. The molecule has 0 radical (unpaired) electrons. The second-order valence-corrected chi connectivity index (χ2v) is 5.33. The molecule has 1 unspecified atom stereocenters. The molecule has 0 saturated carbocycles. The van der Waals surface area contributed by atoms with Crippen LogP contribution in [0.25, 0.3) is 0 Å². The molecule has 84 valence electrons. The van der Waals surface area contributed by atoms with E-state index in [0.717, 1.165) is 13.0 Å². The third-order valence-electron chi connectivity index (χ3n) is 3.23. The molecule has 0 aliphatic rings. The smallest absolute Gasteiger partial charge is 0.00366 e. The minimum absolute atomic E-state index is 0.310. The topological polar surface area (TPSA) is 26.0 Å². The Kier molecular flexibility index (Phi) is 3.92. The first-order valence-corrected chi connectivity index (χ1v) is 5.74. The molecule has 0 amide bonds. The van der Waals surface area contributed by atoms with Gasteiger partial charge in [0.05, 0.1) is 0 Å². The number of nitrogens with two attached hydrogens (primary N) is 1. The van der Waals surface area contributed by atoms with E-state index in [4.69, 9.17) is 5.73 Å². The first-order valence-electron chi connectivity index (χ1n) is 5.74. The molecule has 0 saturated heterocycles. The normalized spacial score (nSPS) is 13.9. The summed E-state index contributed by atoms with van der Waals surface area (Å²) >= 11 is 0. The Morgan fingerprint density at radius 1 is 1.20 bits per heavy atom. The Balaban J connectivity index is 3.02. The van der Waals surface area contributed by atoms with Gasteiger partial charge in [0.25, 0.3) is 0 Å². The fraction of sp³-hybridized carbons (Fsp3) is 0.571. The van der Waals surface area contributed by atoms with Gasteiger partial charge in [-0.05, 0) is 35.4 Å². The molecule has 1 heteroatoms. The molecule has 0 aromatic heterocycles. The lowest BCUT2D eigenvalue weighted by Crippen LogP contribution is -2.17. The largest absolute Gasteiger partial charge is 0.330 e. The van der Waals surface area contributed by atoms with Crippen LogP contribution in [0.4, 0.5) is 0 Å². The number of rotatable bonds is 3. The molecule has 1 atom stereocenters. The van der Waals surface area contributed by atoms with E-state index in [0.29, 0.717) is 11.3 Å². The first kappa shape index (κ1) is 12.3. The van der Waals surface area contributed by atoms with Crippen molar-refractivity contribution >= 4 is 0 Å². The van der Waals surface area contributed by atoms with Crippen LogP contribution in [-0.4, -0.2) is 6.54 Å². The highest BCUT2D eigenvalue weighted by molar-refractivity contribution is 5.31. The van der Waals surface area contributed by atoms with Crippen LogP contribution >= 0.6 is 0 Å². The van der Waals surface area contributed by atoms with Crippen LogP contribution in [0, 0.1) is 5.41 Å². The third kappa shape index (κ3) is 3.07. The molecule has 2 N–H and O–H groups in total. The van der Waals surface area contributed by atoms with E-state index < -0.39 is 0 Å². The molecule has 0 fully saturated rings. The van der Waals surface area contributed by atoms with Crippen LogP contribution in [0.2, 0.25) is 0 Å². The van der Waals surface area contributed by atoms with E-state index in [9.17, 15) is 0 Å². The van der Waals surface area contributed by atoms with Crippen molar-refractivity contribution in [3.63, 3.8) is 0 Å². The number of hydrogen-bond acceptors (Lipinski definition) is 1. The minimum atomic E-state index is 0.310. The summed E-state index contributed by atoms with van der Waals surface area (Å²) in [6, 6.07) is 8.66. The lowest BCUT2D eigenvalue weighted by Gasteiger charge is -2.29. The van der Waals surface area contributed by atoms with E-state index >= 15 is 0 Å². The summed E-state index contributed by atoms with van der Waals surface area (Å²) in [6.45, 7) is 9.90. The minimum Gasteiger partial charge on any atom is -0.330 e. The molecule has 0 aliphatic carbocycles. The highest BCUT2D eigenvalue weighted by Gasteiger charge is 2.23. The highest BCUT2D eigenvalue weighted by Crippen LogP contribution is 2.35. The summed E-state index contributed by atoms with van der Waals surface area (Å²) < 4.78 is 0. The van der Waals surface area contributed by atoms with Crippen LogP contribution in [0.1, 0.15) is 44.7 Å². The average molecular weight is 205 g/mol. The van der Waals surface area contributed by atoms with Crippen molar-refractivity contribution in [3.05, 3.63) is 35.4 Å². The zero-order valence-corrected chi connectivity index (χ0v) is 10.4. The summed E-state index contributed by atoms with van der Waals surface area (Å²) in [5, 5.41) is 0. The Bertz CT molecular complexity index is 309. The van der Waals surface area contributed by atoms with Crippen molar-refractivity contribution in [1.82, 2.24) is 0 Å². The van der Waals surface area contributed by atoms with Gasteiger partial charge in [0, 0.05) is 0 Å². The van der Waals surface area contributed by atoms with Crippen LogP contribution in [0.15, 0.2) is 24.3 Å². The van der Waals surface area contributed by atoms with Crippen LogP contribution in [-0.2, 0) is 6.42 Å². The van der Waals surface area contributed by atoms with E-state index in [1.165, 1.54) is 11.1 Å². The van der Waals surface area contributed by atoms with Gasteiger partial charge in [-0.15, -0.1) is 0 Å². The third-order valence-corrected chi connectivity index (χ3v) is 3.23. The van der Waals surface area contributed by atoms with Gasteiger partial charge in [-0.3, -0.25) is 0 Å². The van der Waals surface area contributed by atoms with Gasteiger partial charge < -0.3 is 5.73 Å². The molecule has 1 rings (SSSR count). The average Bonchev–Trinajstić information content (AvgIpc) is 2.17. The number of hydrogen-bond donors (Lipinski definition) is 1. The van der Waals surface area contributed by atoms with Crippen molar-refractivity contribution in [2.45, 2.75) is 40.0 Å². The molecule has 1 aromatic carbocycles. The van der Waals surface area contributed by atoms with Gasteiger partial charge in [0.2, 0.25) is 0 Å². The van der Waals surface area contributed by atoms with Gasteiger partial charge in [0.1, 0.15) is 0 Å². The quantitative estimate of drug-likeness (QED) is 0.804. The van der Waals surface area contributed by atoms with Crippen LogP contribution in [0.5, 0.6) is 0 Å². The van der Waals surface area contributed by atoms with Gasteiger partial charge >= 0.3 is 0 Å². The lowest BCUT2D eigenvalue weighted by molar-refractivity contribution is 0.338. The monoisotopic (exact) mass is 205 g/mol. The van der Waals surface area contributed by atoms with Crippen molar-refractivity contribution < 1.29 is 0 Å². The first-order chi connectivity index (χ1) is 6.96. The van der Waals surface area contributed by atoms with Crippen molar-refractivity contribution in [2.75, 3.05) is 6.54 Å². The maximum absolute atomic E-state index is 5.64. The standard InChI is InChI=1S/C14H23N/c1-11(14(2,3)4)13-8-6-5-7-12(13)9-10-15/h5-8,11H,9-10,15H2,1-4H3. The summed E-state index contributed by atoms with van der Waals surface area (Å²) in [4.78, 5) is 0. The predicted molar refractivity (Wildman–Crippen MR) is 67.1 cm³/mol. The zero-order valence-electron chi connectivity index (χ0n) is 10.4. The molecule has 1 nitrogen and oxygen atoms in total.